The van der Waals surface area contributed by atoms with E-state index in [1.807, 2.05) is 42.1 Å². The van der Waals surface area contributed by atoms with Crippen LogP contribution in [0.1, 0.15) is 43.6 Å². The highest BCUT2D eigenvalue weighted by molar-refractivity contribution is 5.75. The Morgan fingerprint density at radius 3 is 2.76 bits per heavy atom. The summed E-state index contributed by atoms with van der Waals surface area (Å²) in [7, 11) is 3.56. The Balaban J connectivity index is 1.57. The van der Waals surface area contributed by atoms with Gasteiger partial charge in [-0.15, -0.1) is 0 Å². The molecule has 0 bridgehead atoms. The lowest BCUT2D eigenvalue weighted by Gasteiger charge is -2.30. The van der Waals surface area contributed by atoms with Gasteiger partial charge < -0.3 is 24.8 Å². The third-order valence-corrected chi connectivity index (χ3v) is 5.65. The van der Waals surface area contributed by atoms with Crippen LogP contribution >= 0.6 is 0 Å². The fourth-order valence-electron chi connectivity index (χ4n) is 3.81. The maximum absolute atomic E-state index is 12.6. The molecule has 0 spiro atoms. The van der Waals surface area contributed by atoms with Crippen molar-refractivity contribution in [3.05, 3.63) is 48.0 Å². The van der Waals surface area contributed by atoms with E-state index in [1.54, 1.807) is 13.3 Å². The topological polar surface area (TPSA) is 71.4 Å². The summed E-state index contributed by atoms with van der Waals surface area (Å²) in [6.07, 6.45) is 7.10. The standard InChI is InChI=1S/C22H33N5O2/c1-17-9-14-27(15-10-17)13-6-11-24-22(28)25-20(21-23-12-16-26(21)2)18-7-4-5-8-19(18)29-3/h4-5,7-8,12,16-17,20H,6,9-11,13-15H2,1-3H3,(H2,24,25,28). The van der Waals surface area contributed by atoms with E-state index >= 15 is 0 Å². The molecule has 1 atom stereocenters. The van der Waals surface area contributed by atoms with Gasteiger partial charge >= 0.3 is 6.03 Å². The lowest BCUT2D eigenvalue weighted by atomic mass is 9.99. The van der Waals surface area contributed by atoms with E-state index in [-0.39, 0.29) is 6.03 Å². The number of nitrogens with zero attached hydrogens (tertiary/aromatic N) is 3. The molecule has 1 saturated heterocycles. The van der Waals surface area contributed by atoms with Crippen LogP contribution in [-0.4, -0.2) is 53.8 Å². The minimum atomic E-state index is -0.394. The predicted octanol–water partition coefficient (Wildman–Crippen LogP) is 2.94. The zero-order chi connectivity index (χ0) is 20.6. The van der Waals surface area contributed by atoms with Crippen LogP contribution in [-0.2, 0) is 7.05 Å². The number of amides is 2. The van der Waals surface area contributed by atoms with Crippen molar-refractivity contribution >= 4 is 6.03 Å². The van der Waals surface area contributed by atoms with Crippen molar-refractivity contribution in [1.82, 2.24) is 25.1 Å². The molecule has 158 valence electrons. The van der Waals surface area contributed by atoms with Gasteiger partial charge in [0.15, 0.2) is 0 Å². The first-order chi connectivity index (χ1) is 14.1. The van der Waals surface area contributed by atoms with Gasteiger partial charge in [0.25, 0.3) is 0 Å². The van der Waals surface area contributed by atoms with Gasteiger partial charge in [-0.25, -0.2) is 9.78 Å². The Kier molecular flexibility index (Phi) is 7.52. The number of aryl methyl sites for hydroxylation is 1. The molecule has 7 nitrogen and oxygen atoms in total. The summed E-state index contributed by atoms with van der Waals surface area (Å²) >= 11 is 0. The summed E-state index contributed by atoms with van der Waals surface area (Å²) in [5.41, 5.74) is 0.877. The van der Waals surface area contributed by atoms with Gasteiger partial charge in [0.2, 0.25) is 0 Å². The number of hydrogen-bond donors (Lipinski definition) is 2. The summed E-state index contributed by atoms with van der Waals surface area (Å²) in [5, 5.41) is 6.06. The van der Waals surface area contributed by atoms with Gasteiger partial charge in [-0.1, -0.05) is 25.1 Å². The Morgan fingerprint density at radius 2 is 2.07 bits per heavy atom. The van der Waals surface area contributed by atoms with Gasteiger partial charge in [-0.2, -0.15) is 0 Å². The molecule has 2 amide bonds. The smallest absolute Gasteiger partial charge is 0.315 e. The average Bonchev–Trinajstić information content (AvgIpc) is 3.16. The van der Waals surface area contributed by atoms with E-state index in [0.717, 1.165) is 36.0 Å². The molecular formula is C22H33N5O2. The maximum atomic E-state index is 12.6. The van der Waals surface area contributed by atoms with Crippen LogP contribution < -0.4 is 15.4 Å². The summed E-state index contributed by atoms with van der Waals surface area (Å²) in [4.78, 5) is 19.5. The van der Waals surface area contributed by atoms with Crippen molar-refractivity contribution in [2.75, 3.05) is 33.3 Å². The number of nitrogens with one attached hydrogen (secondary N) is 2. The maximum Gasteiger partial charge on any atom is 0.315 e. The molecule has 29 heavy (non-hydrogen) atoms. The second kappa shape index (κ2) is 10.3. The van der Waals surface area contributed by atoms with Crippen LogP contribution in [0.3, 0.4) is 0 Å². The Labute approximate surface area is 173 Å². The third-order valence-electron chi connectivity index (χ3n) is 5.65. The number of methoxy groups -OCH3 is 1. The molecule has 0 radical (unpaired) electrons. The predicted molar refractivity (Wildman–Crippen MR) is 114 cm³/mol. The lowest BCUT2D eigenvalue weighted by Crippen LogP contribution is -2.41. The van der Waals surface area contributed by atoms with E-state index in [2.05, 4.69) is 27.4 Å². The molecule has 0 aliphatic carbocycles. The number of benzene rings is 1. The van der Waals surface area contributed by atoms with Gasteiger partial charge in [0, 0.05) is 31.5 Å². The third kappa shape index (κ3) is 5.73. The second-order valence-electron chi connectivity index (χ2n) is 7.85. The largest absolute Gasteiger partial charge is 0.496 e. The van der Waals surface area contributed by atoms with E-state index in [1.165, 1.54) is 25.9 Å². The number of hydrogen-bond acceptors (Lipinski definition) is 4. The van der Waals surface area contributed by atoms with Crippen molar-refractivity contribution in [3.63, 3.8) is 0 Å². The molecule has 2 N–H and O–H groups in total. The highest BCUT2D eigenvalue weighted by Crippen LogP contribution is 2.28. The van der Waals surface area contributed by atoms with Gasteiger partial charge in [-0.05, 0) is 50.9 Å². The molecule has 1 aromatic heterocycles. The first-order valence-corrected chi connectivity index (χ1v) is 10.5. The van der Waals surface area contributed by atoms with Crippen LogP contribution in [0.5, 0.6) is 5.75 Å². The number of carbonyl (C=O) groups excluding carboxylic acids is 1. The molecule has 0 saturated carbocycles. The molecule has 1 aromatic carbocycles. The van der Waals surface area contributed by atoms with Crippen LogP contribution in [0.2, 0.25) is 0 Å². The second-order valence-corrected chi connectivity index (χ2v) is 7.85. The van der Waals surface area contributed by atoms with Crippen LogP contribution in [0, 0.1) is 5.92 Å². The summed E-state index contributed by atoms with van der Waals surface area (Å²) in [6.45, 7) is 6.34. The monoisotopic (exact) mass is 399 g/mol. The molecule has 1 aliphatic rings. The first kappa shape index (κ1) is 21.2. The number of aromatic nitrogens is 2. The number of likely N-dealkylation sites (tertiary alicyclic amines) is 1. The molecule has 3 rings (SSSR count). The van der Waals surface area contributed by atoms with Crippen LogP contribution in [0.4, 0.5) is 4.79 Å². The minimum absolute atomic E-state index is 0.198. The fourth-order valence-corrected chi connectivity index (χ4v) is 3.81. The summed E-state index contributed by atoms with van der Waals surface area (Å²) < 4.78 is 7.42. The number of carbonyl (C=O) groups is 1. The van der Waals surface area contributed by atoms with Crippen molar-refractivity contribution in [2.24, 2.45) is 13.0 Å². The average molecular weight is 400 g/mol. The normalized spacial score (nSPS) is 16.4. The van der Waals surface area contributed by atoms with Crippen LogP contribution in [0.15, 0.2) is 36.7 Å². The summed E-state index contributed by atoms with van der Waals surface area (Å²) in [5.74, 6) is 2.32. The number of imidazole rings is 1. The molecule has 2 heterocycles. The highest BCUT2D eigenvalue weighted by atomic mass is 16.5. The number of urea groups is 1. The summed E-state index contributed by atoms with van der Waals surface area (Å²) in [6, 6.07) is 7.11. The van der Waals surface area contributed by atoms with Gasteiger partial charge in [0.1, 0.15) is 17.6 Å². The SMILES string of the molecule is COc1ccccc1C(NC(=O)NCCCN1CCC(C)CC1)c1nccn1C. The Hall–Kier alpha value is -2.54. The number of piperidine rings is 1. The van der Waals surface area contributed by atoms with Crippen molar-refractivity contribution in [1.29, 1.82) is 0 Å². The molecule has 7 heteroatoms. The highest BCUT2D eigenvalue weighted by Gasteiger charge is 2.23. The van der Waals surface area contributed by atoms with E-state index in [9.17, 15) is 4.79 Å². The lowest BCUT2D eigenvalue weighted by molar-refractivity contribution is 0.190. The van der Waals surface area contributed by atoms with E-state index < -0.39 is 6.04 Å². The first-order valence-electron chi connectivity index (χ1n) is 10.5. The van der Waals surface area contributed by atoms with Gasteiger partial charge in [-0.3, -0.25) is 0 Å². The van der Waals surface area contributed by atoms with E-state index in [4.69, 9.17) is 4.74 Å². The fraction of sp³-hybridized carbons (Fsp3) is 0.545. The van der Waals surface area contributed by atoms with Crippen molar-refractivity contribution in [2.45, 2.75) is 32.2 Å². The number of ether oxygens (including phenoxy) is 1. The molecule has 1 unspecified atom stereocenters. The minimum Gasteiger partial charge on any atom is -0.496 e. The zero-order valence-electron chi connectivity index (χ0n) is 17.7. The van der Waals surface area contributed by atoms with Crippen molar-refractivity contribution < 1.29 is 9.53 Å². The van der Waals surface area contributed by atoms with Crippen molar-refractivity contribution in [3.8, 4) is 5.75 Å². The Morgan fingerprint density at radius 1 is 1.31 bits per heavy atom. The molecule has 1 fully saturated rings. The number of para-hydroxylation sites is 1. The van der Waals surface area contributed by atoms with Gasteiger partial charge in [0.05, 0.1) is 7.11 Å². The number of rotatable bonds is 8. The van der Waals surface area contributed by atoms with E-state index in [0.29, 0.717) is 6.54 Å². The zero-order valence-corrected chi connectivity index (χ0v) is 17.7. The molecular weight excluding hydrogens is 366 g/mol. The van der Waals surface area contributed by atoms with Crippen LogP contribution in [0.25, 0.3) is 0 Å². The molecule has 1 aliphatic heterocycles. The Bertz CT molecular complexity index is 783. The molecule has 2 aromatic rings. The quantitative estimate of drug-likeness (QED) is 0.670.